The van der Waals surface area contributed by atoms with Crippen LogP contribution in [-0.4, -0.2) is 12.2 Å². The van der Waals surface area contributed by atoms with Gasteiger partial charge in [-0.1, -0.05) is 48.5 Å². The van der Waals surface area contributed by atoms with Crippen molar-refractivity contribution >= 4 is 32.3 Å². The molecule has 0 aliphatic rings. The van der Waals surface area contributed by atoms with Crippen LogP contribution in [0.2, 0.25) is 0 Å². The molecule has 4 aromatic rings. The topological polar surface area (TPSA) is 29.5 Å². The van der Waals surface area contributed by atoms with Crippen molar-refractivity contribution < 1.29 is 9.84 Å². The van der Waals surface area contributed by atoms with E-state index in [1.54, 1.807) is 7.11 Å². The minimum absolute atomic E-state index is 0.213. The van der Waals surface area contributed by atoms with Gasteiger partial charge in [0.1, 0.15) is 0 Å². The zero-order valence-corrected chi connectivity index (χ0v) is 12.6. The van der Waals surface area contributed by atoms with Gasteiger partial charge in [0.2, 0.25) is 0 Å². The molecule has 0 spiro atoms. The lowest BCUT2D eigenvalue weighted by Crippen LogP contribution is -1.91. The average molecular weight is 288 g/mol. The molecule has 0 aliphatic heterocycles. The van der Waals surface area contributed by atoms with Crippen LogP contribution >= 0.6 is 0 Å². The predicted octanol–water partition coefficient (Wildman–Crippen LogP) is 5.17. The van der Waals surface area contributed by atoms with Gasteiger partial charge in [0.15, 0.2) is 11.5 Å². The van der Waals surface area contributed by atoms with Gasteiger partial charge >= 0.3 is 0 Å². The van der Waals surface area contributed by atoms with Crippen LogP contribution in [0, 0.1) is 6.92 Å². The Morgan fingerprint density at radius 1 is 0.818 bits per heavy atom. The molecule has 2 heteroatoms. The van der Waals surface area contributed by atoms with Crippen molar-refractivity contribution in [3.63, 3.8) is 0 Å². The second-order valence-corrected chi connectivity index (χ2v) is 5.57. The van der Waals surface area contributed by atoms with E-state index in [1.807, 2.05) is 36.4 Å². The lowest BCUT2D eigenvalue weighted by atomic mass is 9.92. The average Bonchev–Trinajstić information content (AvgIpc) is 2.56. The first-order chi connectivity index (χ1) is 10.7. The van der Waals surface area contributed by atoms with E-state index in [0.717, 1.165) is 26.9 Å². The van der Waals surface area contributed by atoms with Gasteiger partial charge in [0.05, 0.1) is 7.11 Å². The molecule has 0 radical (unpaired) electrons. The van der Waals surface area contributed by atoms with Gasteiger partial charge in [-0.25, -0.2) is 0 Å². The highest BCUT2D eigenvalue weighted by atomic mass is 16.5. The predicted molar refractivity (Wildman–Crippen MR) is 91.9 cm³/mol. The molecule has 1 N–H and O–H groups in total. The van der Waals surface area contributed by atoms with Crippen LogP contribution in [0.25, 0.3) is 32.3 Å². The summed E-state index contributed by atoms with van der Waals surface area (Å²) in [5, 5.41) is 17.0. The Bertz CT molecular complexity index is 1030. The molecule has 4 aromatic carbocycles. The highest BCUT2D eigenvalue weighted by molar-refractivity contribution is 6.19. The number of methoxy groups -OCH3 is 1. The Labute approximate surface area is 128 Å². The molecular weight excluding hydrogens is 272 g/mol. The Balaban J connectivity index is 2.37. The molecule has 0 aromatic heterocycles. The zero-order valence-electron chi connectivity index (χ0n) is 12.6. The molecule has 22 heavy (non-hydrogen) atoms. The van der Waals surface area contributed by atoms with Gasteiger partial charge < -0.3 is 9.84 Å². The molecule has 0 amide bonds. The smallest absolute Gasteiger partial charge is 0.168 e. The Morgan fingerprint density at radius 3 is 2.18 bits per heavy atom. The maximum absolute atomic E-state index is 10.7. The SMILES string of the molecule is COc1c(O)c2cc3ccccc3c(C)c2c2ccccc12. The largest absolute Gasteiger partial charge is 0.504 e. The summed E-state index contributed by atoms with van der Waals surface area (Å²) in [6, 6.07) is 18.4. The second kappa shape index (κ2) is 4.63. The van der Waals surface area contributed by atoms with Crippen LogP contribution < -0.4 is 4.74 Å². The van der Waals surface area contributed by atoms with Crippen molar-refractivity contribution in [1.82, 2.24) is 0 Å². The van der Waals surface area contributed by atoms with E-state index in [9.17, 15) is 5.11 Å². The fraction of sp³-hybridized carbons (Fsp3) is 0.100. The van der Waals surface area contributed by atoms with Gasteiger partial charge in [-0.3, -0.25) is 0 Å². The van der Waals surface area contributed by atoms with Crippen molar-refractivity contribution in [2.75, 3.05) is 7.11 Å². The number of aryl methyl sites for hydroxylation is 1. The summed E-state index contributed by atoms with van der Waals surface area (Å²) in [5.41, 5.74) is 1.18. The standard InChI is InChI=1S/C20H16O2/c1-12-14-8-4-3-7-13(14)11-17-18(12)15-9-5-6-10-16(15)20(22-2)19(17)21/h3-11,21H,1-2H3. The van der Waals surface area contributed by atoms with Crippen LogP contribution in [-0.2, 0) is 0 Å². The molecule has 0 unspecified atom stereocenters. The van der Waals surface area contributed by atoms with Gasteiger partial charge in [-0.15, -0.1) is 0 Å². The van der Waals surface area contributed by atoms with E-state index >= 15 is 0 Å². The van der Waals surface area contributed by atoms with Crippen molar-refractivity contribution in [1.29, 1.82) is 0 Å². The van der Waals surface area contributed by atoms with E-state index in [-0.39, 0.29) is 5.75 Å². The number of aromatic hydroxyl groups is 1. The van der Waals surface area contributed by atoms with Crippen molar-refractivity contribution in [3.8, 4) is 11.5 Å². The highest BCUT2D eigenvalue weighted by Crippen LogP contribution is 2.45. The summed E-state index contributed by atoms with van der Waals surface area (Å²) in [4.78, 5) is 0. The van der Waals surface area contributed by atoms with Crippen molar-refractivity contribution in [3.05, 3.63) is 60.2 Å². The van der Waals surface area contributed by atoms with Gasteiger partial charge in [0, 0.05) is 10.8 Å². The summed E-state index contributed by atoms with van der Waals surface area (Å²) >= 11 is 0. The minimum atomic E-state index is 0.213. The maximum Gasteiger partial charge on any atom is 0.168 e. The summed E-state index contributed by atoms with van der Waals surface area (Å²) in [7, 11) is 1.60. The molecule has 0 bridgehead atoms. The lowest BCUT2D eigenvalue weighted by Gasteiger charge is -2.15. The summed E-state index contributed by atoms with van der Waals surface area (Å²) < 4.78 is 5.47. The number of rotatable bonds is 1. The van der Waals surface area contributed by atoms with Gasteiger partial charge in [-0.05, 0) is 40.1 Å². The van der Waals surface area contributed by atoms with Crippen LogP contribution in [0.1, 0.15) is 5.56 Å². The van der Waals surface area contributed by atoms with E-state index in [1.165, 1.54) is 10.9 Å². The fourth-order valence-electron chi connectivity index (χ4n) is 3.42. The van der Waals surface area contributed by atoms with Crippen LogP contribution in [0.3, 0.4) is 0 Å². The van der Waals surface area contributed by atoms with Crippen molar-refractivity contribution in [2.45, 2.75) is 6.92 Å². The van der Waals surface area contributed by atoms with Crippen molar-refractivity contribution in [2.24, 2.45) is 0 Å². The third-order valence-electron chi connectivity index (χ3n) is 4.42. The summed E-state index contributed by atoms with van der Waals surface area (Å²) in [5.74, 6) is 0.753. The van der Waals surface area contributed by atoms with Crippen LogP contribution in [0.15, 0.2) is 54.6 Å². The monoisotopic (exact) mass is 288 g/mol. The lowest BCUT2D eigenvalue weighted by molar-refractivity contribution is 0.381. The molecule has 0 aliphatic carbocycles. The Kier molecular flexibility index (Phi) is 2.73. The molecule has 2 nitrogen and oxygen atoms in total. The maximum atomic E-state index is 10.7. The first kappa shape index (κ1) is 13.0. The highest BCUT2D eigenvalue weighted by Gasteiger charge is 2.16. The normalized spacial score (nSPS) is 11.4. The molecule has 0 saturated heterocycles. The van der Waals surface area contributed by atoms with E-state index in [2.05, 4.69) is 25.1 Å². The van der Waals surface area contributed by atoms with E-state index < -0.39 is 0 Å². The molecule has 4 rings (SSSR count). The number of phenolic OH excluding ortho intramolecular Hbond substituents is 1. The number of ether oxygens (including phenoxy) is 1. The first-order valence-electron chi connectivity index (χ1n) is 7.32. The third-order valence-corrected chi connectivity index (χ3v) is 4.42. The molecule has 0 atom stereocenters. The quantitative estimate of drug-likeness (QED) is 0.387. The van der Waals surface area contributed by atoms with E-state index in [4.69, 9.17) is 4.74 Å². The van der Waals surface area contributed by atoms with Crippen LogP contribution in [0.4, 0.5) is 0 Å². The Morgan fingerprint density at radius 2 is 1.45 bits per heavy atom. The number of fused-ring (bicyclic) bond motifs is 4. The molecule has 108 valence electrons. The summed E-state index contributed by atoms with van der Waals surface area (Å²) in [6.45, 7) is 2.11. The number of hydrogen-bond donors (Lipinski definition) is 1. The molecule has 0 saturated carbocycles. The third kappa shape index (κ3) is 1.61. The number of hydrogen-bond acceptors (Lipinski definition) is 2. The second-order valence-electron chi connectivity index (χ2n) is 5.57. The number of benzene rings is 4. The molecule has 0 heterocycles. The first-order valence-corrected chi connectivity index (χ1v) is 7.32. The van der Waals surface area contributed by atoms with Crippen LogP contribution in [0.5, 0.6) is 11.5 Å². The van der Waals surface area contributed by atoms with E-state index in [0.29, 0.717) is 5.75 Å². The minimum Gasteiger partial charge on any atom is -0.504 e. The Hall–Kier alpha value is -2.74. The molecule has 0 fully saturated rings. The summed E-state index contributed by atoms with van der Waals surface area (Å²) in [6.07, 6.45) is 0. The zero-order chi connectivity index (χ0) is 15.3. The fourth-order valence-corrected chi connectivity index (χ4v) is 3.42. The number of phenols is 1. The van der Waals surface area contributed by atoms with Gasteiger partial charge in [0.25, 0.3) is 0 Å². The molecular formula is C20H16O2. The van der Waals surface area contributed by atoms with Gasteiger partial charge in [-0.2, -0.15) is 0 Å².